The van der Waals surface area contributed by atoms with Crippen LogP contribution in [0.3, 0.4) is 0 Å². The van der Waals surface area contributed by atoms with Crippen LogP contribution < -0.4 is 15.4 Å². The molecule has 0 unspecified atom stereocenters. The van der Waals surface area contributed by atoms with Crippen molar-refractivity contribution in [3.05, 3.63) is 50.4 Å². The van der Waals surface area contributed by atoms with E-state index in [0.717, 1.165) is 30.9 Å². The van der Waals surface area contributed by atoms with Gasteiger partial charge < -0.3 is 14.5 Å². The molecule has 3 aromatic rings. The molecule has 0 saturated carbocycles. The average molecular weight is 478 g/mol. The zero-order chi connectivity index (χ0) is 23.2. The third-order valence-corrected chi connectivity index (χ3v) is 7.64. The number of nitrogens with two attached hydrogens (primary N) is 1. The van der Waals surface area contributed by atoms with Gasteiger partial charge in [0.25, 0.3) is 5.56 Å². The maximum Gasteiger partial charge on any atom is 0.338 e. The quantitative estimate of drug-likeness (QED) is 0.538. The van der Waals surface area contributed by atoms with Crippen LogP contribution in [0.5, 0.6) is 5.75 Å². The van der Waals surface area contributed by atoms with Crippen molar-refractivity contribution >= 4 is 37.5 Å². The van der Waals surface area contributed by atoms with Crippen LogP contribution in [0.15, 0.2) is 27.9 Å². The Morgan fingerprint density at radius 2 is 2.12 bits per heavy atom. The Labute approximate surface area is 188 Å². The van der Waals surface area contributed by atoms with Crippen molar-refractivity contribution in [3.8, 4) is 5.75 Å². The Morgan fingerprint density at radius 1 is 1.38 bits per heavy atom. The minimum absolute atomic E-state index is 0.0181. The minimum Gasteiger partial charge on any atom is -0.495 e. The van der Waals surface area contributed by atoms with Gasteiger partial charge in [0.05, 0.1) is 18.1 Å². The number of H-pyrrole nitrogens is 1. The molecule has 0 saturated heterocycles. The van der Waals surface area contributed by atoms with Crippen LogP contribution >= 0.6 is 11.3 Å². The highest BCUT2D eigenvalue weighted by atomic mass is 32.2. The highest BCUT2D eigenvalue weighted by Gasteiger charge is 2.25. The van der Waals surface area contributed by atoms with Crippen molar-refractivity contribution < 1.29 is 22.7 Å². The molecular weight excluding hydrogens is 454 g/mol. The van der Waals surface area contributed by atoms with Crippen molar-refractivity contribution in [2.75, 3.05) is 7.11 Å². The molecule has 1 aliphatic carbocycles. The number of benzene rings is 1. The van der Waals surface area contributed by atoms with E-state index in [4.69, 9.17) is 14.6 Å². The van der Waals surface area contributed by atoms with E-state index in [1.807, 2.05) is 0 Å². The van der Waals surface area contributed by atoms with Crippen LogP contribution in [0.2, 0.25) is 0 Å². The number of aromatic nitrogens is 2. The number of ether oxygens (including phenoxy) is 2. The smallest absolute Gasteiger partial charge is 0.338 e. The number of hydrogen-bond donors (Lipinski definition) is 2. The van der Waals surface area contributed by atoms with E-state index in [9.17, 15) is 18.0 Å². The summed E-state index contributed by atoms with van der Waals surface area (Å²) in [5, 5.41) is 5.82. The topological polar surface area (TPSA) is 141 Å². The van der Waals surface area contributed by atoms with Crippen LogP contribution in [-0.2, 0) is 27.6 Å². The minimum atomic E-state index is -4.11. The standard InChI is InChI=1S/C21H23N3O6S2/c1-10-4-6-13-15(8-10)31-20-17(13)19(25)23-18(24-20)11(2)30-21(26)12-5-7-14(29-3)16(9-12)32(22,27)28/h5,7,9-11H,4,6,8H2,1-3H3,(H2,22,27,28)(H,23,24,25)/t10-,11-/m1/s1. The second kappa shape index (κ2) is 8.30. The molecule has 0 radical (unpaired) electrons. The fourth-order valence-corrected chi connectivity index (χ4v) is 5.98. The number of primary sulfonamides is 1. The molecule has 3 N–H and O–H groups in total. The molecule has 32 heavy (non-hydrogen) atoms. The molecule has 2 heterocycles. The zero-order valence-corrected chi connectivity index (χ0v) is 19.4. The second-order valence-electron chi connectivity index (χ2n) is 7.94. The van der Waals surface area contributed by atoms with E-state index in [1.54, 1.807) is 6.92 Å². The normalized spacial score (nSPS) is 17.1. The number of thiophene rings is 1. The maximum absolute atomic E-state index is 12.8. The molecule has 0 bridgehead atoms. The van der Waals surface area contributed by atoms with E-state index in [0.29, 0.717) is 16.1 Å². The van der Waals surface area contributed by atoms with E-state index >= 15 is 0 Å². The number of aromatic amines is 1. The molecule has 0 aliphatic heterocycles. The number of nitrogens with zero attached hydrogens (tertiary/aromatic N) is 1. The summed E-state index contributed by atoms with van der Waals surface area (Å²) in [6, 6.07) is 3.79. The van der Waals surface area contributed by atoms with Crippen molar-refractivity contribution in [1.29, 1.82) is 0 Å². The molecular formula is C21H23N3O6S2. The van der Waals surface area contributed by atoms with Crippen LogP contribution in [0.1, 0.15) is 53.0 Å². The van der Waals surface area contributed by atoms with Crippen molar-refractivity contribution in [2.45, 2.75) is 44.1 Å². The summed E-state index contributed by atoms with van der Waals surface area (Å²) in [7, 11) is -2.81. The number of aryl methyl sites for hydroxylation is 1. The first-order valence-electron chi connectivity index (χ1n) is 10.0. The number of methoxy groups -OCH3 is 1. The number of fused-ring (bicyclic) bond motifs is 3. The first kappa shape index (κ1) is 22.4. The Kier molecular flexibility index (Phi) is 5.82. The highest BCUT2D eigenvalue weighted by Crippen LogP contribution is 2.36. The number of carbonyl (C=O) groups is 1. The summed E-state index contributed by atoms with van der Waals surface area (Å²) in [5.74, 6) is 0.0278. The van der Waals surface area contributed by atoms with Gasteiger partial charge in [-0.2, -0.15) is 0 Å². The predicted molar refractivity (Wildman–Crippen MR) is 120 cm³/mol. The molecule has 4 rings (SSSR count). The zero-order valence-electron chi connectivity index (χ0n) is 17.8. The van der Waals surface area contributed by atoms with Gasteiger partial charge in [-0.15, -0.1) is 11.3 Å². The molecule has 0 spiro atoms. The van der Waals surface area contributed by atoms with Crippen LogP contribution in [0.4, 0.5) is 0 Å². The van der Waals surface area contributed by atoms with Crippen LogP contribution in [0.25, 0.3) is 10.2 Å². The third kappa shape index (κ3) is 4.15. The summed E-state index contributed by atoms with van der Waals surface area (Å²) in [6.07, 6.45) is 1.96. The summed E-state index contributed by atoms with van der Waals surface area (Å²) in [5.41, 5.74) is 0.799. The Morgan fingerprint density at radius 3 is 2.81 bits per heavy atom. The van der Waals surface area contributed by atoms with Gasteiger partial charge in [0, 0.05) is 4.88 Å². The summed E-state index contributed by atoms with van der Waals surface area (Å²) in [6.45, 7) is 3.78. The van der Waals surface area contributed by atoms with Gasteiger partial charge in [-0.1, -0.05) is 6.92 Å². The van der Waals surface area contributed by atoms with Gasteiger partial charge in [0.1, 0.15) is 15.5 Å². The van der Waals surface area contributed by atoms with E-state index in [2.05, 4.69) is 16.9 Å². The molecule has 1 aromatic carbocycles. The highest BCUT2D eigenvalue weighted by molar-refractivity contribution is 7.89. The van der Waals surface area contributed by atoms with Gasteiger partial charge in [0.2, 0.25) is 10.0 Å². The summed E-state index contributed by atoms with van der Waals surface area (Å²) < 4.78 is 34.0. The molecule has 2 aromatic heterocycles. The fourth-order valence-electron chi connectivity index (χ4n) is 3.87. The molecule has 1 aliphatic rings. The Hall–Kier alpha value is -2.76. The molecule has 11 heteroatoms. The second-order valence-corrected chi connectivity index (χ2v) is 10.6. The summed E-state index contributed by atoms with van der Waals surface area (Å²) in [4.78, 5) is 34.2. The van der Waals surface area contributed by atoms with Crippen molar-refractivity contribution in [3.63, 3.8) is 0 Å². The molecule has 9 nitrogen and oxygen atoms in total. The van der Waals surface area contributed by atoms with Crippen molar-refractivity contribution in [1.82, 2.24) is 9.97 Å². The average Bonchev–Trinajstić information content (AvgIpc) is 3.10. The first-order valence-corrected chi connectivity index (χ1v) is 12.4. The number of nitrogens with one attached hydrogen (secondary N) is 1. The lowest BCUT2D eigenvalue weighted by Gasteiger charge is -2.17. The van der Waals surface area contributed by atoms with Crippen LogP contribution in [0, 0.1) is 5.92 Å². The Balaban J connectivity index is 1.62. The number of hydrogen-bond acceptors (Lipinski definition) is 8. The van der Waals surface area contributed by atoms with E-state index in [-0.39, 0.29) is 27.6 Å². The van der Waals surface area contributed by atoms with Gasteiger partial charge >= 0.3 is 5.97 Å². The number of carbonyl (C=O) groups excluding carboxylic acids is 1. The monoisotopic (exact) mass is 477 g/mol. The van der Waals surface area contributed by atoms with Gasteiger partial charge in [-0.05, 0) is 55.9 Å². The molecule has 0 amide bonds. The fraction of sp³-hybridized carbons (Fsp3) is 0.381. The largest absolute Gasteiger partial charge is 0.495 e. The number of esters is 1. The SMILES string of the molecule is COc1ccc(C(=O)O[C@H](C)c2nc3sc4c(c3c(=O)[nH]2)CC[C@@H](C)C4)cc1S(N)(=O)=O. The lowest BCUT2D eigenvalue weighted by molar-refractivity contribution is 0.0319. The van der Waals surface area contributed by atoms with Gasteiger partial charge in [-0.25, -0.2) is 23.3 Å². The summed E-state index contributed by atoms with van der Waals surface area (Å²) >= 11 is 1.51. The molecule has 0 fully saturated rings. The predicted octanol–water partition coefficient (Wildman–Crippen LogP) is 2.68. The van der Waals surface area contributed by atoms with Crippen molar-refractivity contribution in [2.24, 2.45) is 11.1 Å². The Bertz CT molecular complexity index is 1380. The third-order valence-electron chi connectivity index (χ3n) is 5.56. The molecule has 170 valence electrons. The lowest BCUT2D eigenvalue weighted by atomic mass is 9.89. The van der Waals surface area contributed by atoms with E-state index < -0.39 is 22.1 Å². The van der Waals surface area contributed by atoms with E-state index in [1.165, 1.54) is 35.5 Å². The lowest BCUT2D eigenvalue weighted by Crippen LogP contribution is -2.19. The first-order chi connectivity index (χ1) is 15.1. The molecule has 2 atom stereocenters. The number of sulfonamides is 1. The maximum atomic E-state index is 12.8. The number of rotatable bonds is 5. The van der Waals surface area contributed by atoms with Crippen LogP contribution in [-0.4, -0.2) is 31.5 Å². The van der Waals surface area contributed by atoms with Gasteiger partial charge in [-0.3, -0.25) is 4.79 Å². The van der Waals surface area contributed by atoms with Gasteiger partial charge in [0.15, 0.2) is 11.9 Å².